The molecule has 0 aliphatic carbocycles. The van der Waals surface area contributed by atoms with Crippen LogP contribution in [-0.4, -0.2) is 37.5 Å². The molecule has 7 nitrogen and oxygen atoms in total. The van der Waals surface area contributed by atoms with E-state index < -0.39 is 0 Å². The number of aromatic nitrogens is 1. The van der Waals surface area contributed by atoms with E-state index in [1.54, 1.807) is 0 Å². The molecule has 2 aromatic rings. The summed E-state index contributed by atoms with van der Waals surface area (Å²) in [6.45, 7) is 10.7. The van der Waals surface area contributed by atoms with Crippen LogP contribution in [0.1, 0.15) is 42.3 Å². The molecule has 0 radical (unpaired) electrons. The number of hydrogen-bond acceptors (Lipinski definition) is 5. The number of nitrogens with one attached hydrogen (secondary N) is 2. The fourth-order valence-electron chi connectivity index (χ4n) is 3.28. The molecule has 0 amide bonds. The summed E-state index contributed by atoms with van der Waals surface area (Å²) in [7, 11) is 0. The van der Waals surface area contributed by atoms with Gasteiger partial charge in [0.25, 0.3) is 0 Å². The van der Waals surface area contributed by atoms with Gasteiger partial charge in [-0.15, -0.1) is 0 Å². The molecule has 146 valence electrons. The van der Waals surface area contributed by atoms with Crippen LogP contribution in [0.4, 0.5) is 0 Å². The van der Waals surface area contributed by atoms with Crippen molar-refractivity contribution in [2.24, 2.45) is 4.99 Å². The Labute approximate surface area is 160 Å². The molecule has 3 rings (SSSR count). The third-order valence-corrected chi connectivity index (χ3v) is 4.59. The van der Waals surface area contributed by atoms with Gasteiger partial charge in [0.1, 0.15) is 5.76 Å². The zero-order valence-corrected chi connectivity index (χ0v) is 16.5. The van der Waals surface area contributed by atoms with Gasteiger partial charge >= 0.3 is 0 Å². The number of fused-ring (bicyclic) bond motifs is 1. The van der Waals surface area contributed by atoms with E-state index in [1.165, 1.54) is 5.56 Å². The highest BCUT2D eigenvalue weighted by Gasteiger charge is 2.16. The molecule has 1 aliphatic heterocycles. The Kier molecular flexibility index (Phi) is 6.21. The Morgan fingerprint density at radius 3 is 2.78 bits per heavy atom. The molecule has 0 fully saturated rings. The highest BCUT2D eigenvalue weighted by Crippen LogP contribution is 2.32. The lowest BCUT2D eigenvalue weighted by Crippen LogP contribution is -2.38. The largest absolute Gasteiger partial charge is 0.454 e. The standard InChI is InChI=1S/C20H28N4O3/c1-5-21-20(23-11-13(2)19-14(3)24-27-15(19)4)22-9-8-16-6-7-17-18(10-16)26-12-25-17/h6-7,10,13H,5,8-9,11-12H2,1-4H3,(H2,21,22,23). The van der Waals surface area contributed by atoms with Crippen molar-refractivity contribution in [3.05, 3.63) is 40.8 Å². The van der Waals surface area contributed by atoms with Crippen molar-refractivity contribution < 1.29 is 14.0 Å². The van der Waals surface area contributed by atoms with Gasteiger partial charge in [0.05, 0.1) is 5.69 Å². The molecule has 0 saturated carbocycles. The van der Waals surface area contributed by atoms with E-state index in [2.05, 4.69) is 35.7 Å². The Hall–Kier alpha value is -2.70. The zero-order chi connectivity index (χ0) is 19.2. The topological polar surface area (TPSA) is 80.9 Å². The summed E-state index contributed by atoms with van der Waals surface area (Å²) >= 11 is 0. The normalized spacial score (nSPS) is 14.3. The molecule has 0 saturated heterocycles. The first kappa shape index (κ1) is 19.1. The summed E-state index contributed by atoms with van der Waals surface area (Å²) in [6, 6.07) is 6.06. The molecule has 1 unspecified atom stereocenters. The summed E-state index contributed by atoms with van der Waals surface area (Å²) in [5.74, 6) is 3.57. The predicted octanol–water partition coefficient (Wildman–Crippen LogP) is 2.92. The highest BCUT2D eigenvalue weighted by atomic mass is 16.7. The number of benzene rings is 1. The molecule has 0 spiro atoms. The van der Waals surface area contributed by atoms with Crippen LogP contribution in [0.2, 0.25) is 0 Å². The number of rotatable bonds is 7. The lowest BCUT2D eigenvalue weighted by Gasteiger charge is -2.13. The monoisotopic (exact) mass is 372 g/mol. The molecule has 27 heavy (non-hydrogen) atoms. The maximum absolute atomic E-state index is 5.43. The molecule has 1 atom stereocenters. The van der Waals surface area contributed by atoms with Gasteiger partial charge in [0.2, 0.25) is 6.79 Å². The van der Waals surface area contributed by atoms with Gasteiger partial charge in [0.15, 0.2) is 17.5 Å². The summed E-state index contributed by atoms with van der Waals surface area (Å²) in [4.78, 5) is 4.72. The Bertz CT molecular complexity index is 781. The Balaban J connectivity index is 1.54. The van der Waals surface area contributed by atoms with Crippen molar-refractivity contribution >= 4 is 5.96 Å². The molecule has 2 N–H and O–H groups in total. The molecule has 1 aliphatic rings. The smallest absolute Gasteiger partial charge is 0.231 e. The fourth-order valence-corrected chi connectivity index (χ4v) is 3.28. The van der Waals surface area contributed by atoms with Crippen LogP contribution < -0.4 is 20.1 Å². The van der Waals surface area contributed by atoms with Gasteiger partial charge < -0.3 is 24.6 Å². The molecule has 0 bridgehead atoms. The van der Waals surface area contributed by atoms with Gasteiger partial charge in [-0.05, 0) is 44.9 Å². The number of aryl methyl sites for hydroxylation is 2. The summed E-state index contributed by atoms with van der Waals surface area (Å²) in [6.07, 6.45) is 0.875. The first-order chi connectivity index (χ1) is 13.1. The number of hydrogen-bond donors (Lipinski definition) is 2. The summed E-state index contributed by atoms with van der Waals surface area (Å²) in [5.41, 5.74) is 3.29. The maximum atomic E-state index is 5.43. The van der Waals surface area contributed by atoms with Crippen LogP contribution in [0.15, 0.2) is 27.7 Å². The average Bonchev–Trinajstić information content (AvgIpc) is 3.25. The summed E-state index contributed by atoms with van der Waals surface area (Å²) < 4.78 is 16.1. The number of guanidine groups is 1. The van der Waals surface area contributed by atoms with Gasteiger partial charge in [0, 0.05) is 31.1 Å². The number of aliphatic imine (C=N–C) groups is 1. The third kappa shape index (κ3) is 4.72. The minimum Gasteiger partial charge on any atom is -0.454 e. The quantitative estimate of drug-likeness (QED) is 0.575. The molecule has 7 heteroatoms. The van der Waals surface area contributed by atoms with Crippen LogP contribution in [0.3, 0.4) is 0 Å². The van der Waals surface area contributed by atoms with Crippen molar-refractivity contribution in [2.45, 2.75) is 40.0 Å². The van der Waals surface area contributed by atoms with Crippen molar-refractivity contribution in [1.29, 1.82) is 0 Å². The number of nitrogens with zero attached hydrogens (tertiary/aromatic N) is 2. The minimum atomic E-state index is 0.251. The van der Waals surface area contributed by atoms with Crippen LogP contribution in [-0.2, 0) is 6.42 Å². The first-order valence-electron chi connectivity index (χ1n) is 9.42. The lowest BCUT2D eigenvalue weighted by atomic mass is 10.00. The minimum absolute atomic E-state index is 0.251. The van der Waals surface area contributed by atoms with E-state index in [1.807, 2.05) is 26.0 Å². The van der Waals surface area contributed by atoms with E-state index >= 15 is 0 Å². The second-order valence-electron chi connectivity index (χ2n) is 6.72. The number of ether oxygens (including phenoxy) is 2. The van der Waals surface area contributed by atoms with Gasteiger partial charge in [-0.1, -0.05) is 18.1 Å². The second kappa shape index (κ2) is 8.79. The van der Waals surface area contributed by atoms with Gasteiger partial charge in [-0.2, -0.15) is 0 Å². The van der Waals surface area contributed by atoms with E-state index in [0.717, 1.165) is 54.0 Å². The average molecular weight is 372 g/mol. The molecule has 1 aromatic heterocycles. The van der Waals surface area contributed by atoms with Gasteiger partial charge in [-0.25, -0.2) is 0 Å². The van der Waals surface area contributed by atoms with E-state index in [9.17, 15) is 0 Å². The third-order valence-electron chi connectivity index (χ3n) is 4.59. The van der Waals surface area contributed by atoms with E-state index in [0.29, 0.717) is 13.3 Å². The van der Waals surface area contributed by atoms with Crippen molar-refractivity contribution in [3.63, 3.8) is 0 Å². The lowest BCUT2D eigenvalue weighted by molar-refractivity contribution is 0.174. The molecule has 2 heterocycles. The Morgan fingerprint density at radius 2 is 2.04 bits per heavy atom. The zero-order valence-electron chi connectivity index (χ0n) is 16.5. The highest BCUT2D eigenvalue weighted by molar-refractivity contribution is 5.79. The van der Waals surface area contributed by atoms with E-state index in [4.69, 9.17) is 19.0 Å². The van der Waals surface area contributed by atoms with Crippen LogP contribution in [0, 0.1) is 13.8 Å². The Morgan fingerprint density at radius 1 is 1.22 bits per heavy atom. The van der Waals surface area contributed by atoms with Crippen LogP contribution in [0.25, 0.3) is 0 Å². The SMILES string of the molecule is CCNC(=NCC(C)c1c(C)noc1C)NCCc1ccc2c(c1)OCO2. The fraction of sp³-hybridized carbons (Fsp3) is 0.500. The summed E-state index contributed by atoms with van der Waals surface area (Å²) in [5, 5.41) is 10.7. The maximum Gasteiger partial charge on any atom is 0.231 e. The van der Waals surface area contributed by atoms with E-state index in [-0.39, 0.29) is 5.92 Å². The van der Waals surface area contributed by atoms with Gasteiger partial charge in [-0.3, -0.25) is 4.99 Å². The second-order valence-corrected chi connectivity index (χ2v) is 6.72. The van der Waals surface area contributed by atoms with Crippen molar-refractivity contribution in [3.8, 4) is 11.5 Å². The van der Waals surface area contributed by atoms with Crippen molar-refractivity contribution in [1.82, 2.24) is 15.8 Å². The first-order valence-corrected chi connectivity index (χ1v) is 9.42. The van der Waals surface area contributed by atoms with Crippen LogP contribution in [0.5, 0.6) is 11.5 Å². The molecular weight excluding hydrogens is 344 g/mol. The molecular formula is C20H28N4O3. The molecule has 1 aromatic carbocycles. The van der Waals surface area contributed by atoms with Crippen molar-refractivity contribution in [2.75, 3.05) is 26.4 Å². The van der Waals surface area contributed by atoms with Crippen LogP contribution >= 0.6 is 0 Å². The predicted molar refractivity (Wildman–Crippen MR) is 105 cm³/mol.